The number of rotatable bonds is 7. The third-order valence-electron chi connectivity index (χ3n) is 5.61. The Morgan fingerprint density at radius 3 is 2.45 bits per heavy atom. The fraction of sp³-hybridized carbons (Fsp3) is 0.333. The summed E-state index contributed by atoms with van der Waals surface area (Å²) >= 11 is 0. The first-order valence-electron chi connectivity index (χ1n) is 10.5. The SMILES string of the molecule is O=C(NCCCc1ccccc1)C1CCN(c2ccc(-n3cccc3)cn2)CC1. The Labute approximate surface area is 172 Å². The summed E-state index contributed by atoms with van der Waals surface area (Å²) in [5.41, 5.74) is 2.38. The van der Waals surface area contributed by atoms with Crippen LogP contribution >= 0.6 is 0 Å². The summed E-state index contributed by atoms with van der Waals surface area (Å²) in [6.07, 6.45) is 9.68. The van der Waals surface area contributed by atoms with Gasteiger partial charge in [0.2, 0.25) is 5.91 Å². The Bertz CT molecular complexity index is 882. The number of piperidine rings is 1. The second-order valence-corrected chi connectivity index (χ2v) is 7.61. The third-order valence-corrected chi connectivity index (χ3v) is 5.61. The number of carbonyl (C=O) groups excluding carboxylic acids is 1. The van der Waals surface area contributed by atoms with Gasteiger partial charge in [0.15, 0.2) is 0 Å². The molecule has 3 heterocycles. The fourth-order valence-corrected chi connectivity index (χ4v) is 3.89. The molecule has 1 fully saturated rings. The van der Waals surface area contributed by atoms with E-state index in [1.54, 1.807) is 0 Å². The van der Waals surface area contributed by atoms with Gasteiger partial charge in [0.05, 0.1) is 11.9 Å². The van der Waals surface area contributed by atoms with Crippen molar-refractivity contribution < 1.29 is 4.79 Å². The van der Waals surface area contributed by atoms with Gasteiger partial charge in [-0.05, 0) is 55.5 Å². The van der Waals surface area contributed by atoms with E-state index in [4.69, 9.17) is 0 Å². The lowest BCUT2D eigenvalue weighted by Crippen LogP contribution is -2.41. The first-order valence-corrected chi connectivity index (χ1v) is 10.5. The summed E-state index contributed by atoms with van der Waals surface area (Å²) in [4.78, 5) is 19.4. The van der Waals surface area contributed by atoms with Crippen molar-refractivity contribution in [1.82, 2.24) is 14.9 Å². The van der Waals surface area contributed by atoms with Crippen LogP contribution in [0, 0.1) is 5.92 Å². The maximum Gasteiger partial charge on any atom is 0.223 e. The van der Waals surface area contributed by atoms with E-state index in [0.29, 0.717) is 0 Å². The molecule has 0 atom stereocenters. The number of benzene rings is 1. The molecule has 0 radical (unpaired) electrons. The van der Waals surface area contributed by atoms with Gasteiger partial charge < -0.3 is 14.8 Å². The Kier molecular flexibility index (Phi) is 6.25. The van der Waals surface area contributed by atoms with E-state index in [1.807, 2.05) is 41.4 Å². The highest BCUT2D eigenvalue weighted by Crippen LogP contribution is 2.22. The molecule has 0 spiro atoms. The average Bonchev–Trinajstić information content (AvgIpc) is 3.33. The normalized spacial score (nSPS) is 14.7. The summed E-state index contributed by atoms with van der Waals surface area (Å²) in [5, 5.41) is 3.12. The Hall–Kier alpha value is -3.08. The highest BCUT2D eigenvalue weighted by Gasteiger charge is 2.25. The van der Waals surface area contributed by atoms with Crippen LogP contribution in [0.5, 0.6) is 0 Å². The van der Waals surface area contributed by atoms with Crippen molar-refractivity contribution in [2.24, 2.45) is 5.92 Å². The van der Waals surface area contributed by atoms with E-state index in [2.05, 4.69) is 51.6 Å². The maximum absolute atomic E-state index is 12.5. The minimum Gasteiger partial charge on any atom is -0.357 e. The number of aromatic nitrogens is 2. The first-order chi connectivity index (χ1) is 14.3. The van der Waals surface area contributed by atoms with Gasteiger partial charge >= 0.3 is 0 Å². The van der Waals surface area contributed by atoms with Crippen LogP contribution in [-0.2, 0) is 11.2 Å². The standard InChI is InChI=1S/C24H28N4O/c29-24(25-14-6-9-20-7-2-1-3-8-20)21-12-17-28(18-13-21)23-11-10-22(19-26-23)27-15-4-5-16-27/h1-5,7-8,10-11,15-16,19,21H,6,9,12-14,17-18H2,(H,25,29). The van der Waals surface area contributed by atoms with Gasteiger partial charge in [0, 0.05) is 37.9 Å². The Morgan fingerprint density at radius 1 is 1.00 bits per heavy atom. The van der Waals surface area contributed by atoms with Crippen LogP contribution in [0.1, 0.15) is 24.8 Å². The summed E-state index contributed by atoms with van der Waals surface area (Å²) < 4.78 is 2.05. The Morgan fingerprint density at radius 2 is 1.76 bits per heavy atom. The van der Waals surface area contributed by atoms with Crippen molar-refractivity contribution in [2.75, 3.05) is 24.5 Å². The minimum atomic E-state index is 0.113. The quantitative estimate of drug-likeness (QED) is 0.626. The van der Waals surface area contributed by atoms with Gasteiger partial charge in [0.25, 0.3) is 0 Å². The molecule has 1 N–H and O–H groups in total. The molecule has 1 aliphatic heterocycles. The summed E-state index contributed by atoms with van der Waals surface area (Å²) in [7, 11) is 0. The van der Waals surface area contributed by atoms with Crippen molar-refractivity contribution in [3.05, 3.63) is 78.8 Å². The number of carbonyl (C=O) groups is 1. The van der Waals surface area contributed by atoms with Gasteiger partial charge in [-0.3, -0.25) is 4.79 Å². The van der Waals surface area contributed by atoms with Crippen LogP contribution in [0.15, 0.2) is 73.2 Å². The van der Waals surface area contributed by atoms with E-state index < -0.39 is 0 Å². The van der Waals surface area contributed by atoms with Gasteiger partial charge in [-0.2, -0.15) is 0 Å². The molecular weight excluding hydrogens is 360 g/mol. The second-order valence-electron chi connectivity index (χ2n) is 7.61. The average molecular weight is 389 g/mol. The lowest BCUT2D eigenvalue weighted by Gasteiger charge is -2.32. The number of hydrogen-bond acceptors (Lipinski definition) is 3. The molecule has 29 heavy (non-hydrogen) atoms. The largest absolute Gasteiger partial charge is 0.357 e. The van der Waals surface area contributed by atoms with Gasteiger partial charge in [-0.1, -0.05) is 30.3 Å². The number of amides is 1. The number of nitrogens with zero attached hydrogens (tertiary/aromatic N) is 3. The van der Waals surface area contributed by atoms with Crippen molar-refractivity contribution in [3.8, 4) is 5.69 Å². The molecule has 1 saturated heterocycles. The van der Waals surface area contributed by atoms with E-state index in [0.717, 1.165) is 56.8 Å². The summed E-state index contributed by atoms with van der Waals surface area (Å²) in [6.45, 7) is 2.49. The number of pyridine rings is 1. The van der Waals surface area contributed by atoms with E-state index >= 15 is 0 Å². The summed E-state index contributed by atoms with van der Waals surface area (Å²) in [6, 6.07) is 18.6. The molecule has 1 aliphatic rings. The highest BCUT2D eigenvalue weighted by atomic mass is 16.1. The van der Waals surface area contributed by atoms with E-state index in [9.17, 15) is 4.79 Å². The number of hydrogen-bond donors (Lipinski definition) is 1. The molecule has 0 aliphatic carbocycles. The van der Waals surface area contributed by atoms with Crippen molar-refractivity contribution >= 4 is 11.7 Å². The van der Waals surface area contributed by atoms with Crippen LogP contribution in [0.3, 0.4) is 0 Å². The minimum absolute atomic E-state index is 0.113. The molecule has 5 nitrogen and oxygen atoms in total. The van der Waals surface area contributed by atoms with Crippen molar-refractivity contribution in [2.45, 2.75) is 25.7 Å². The lowest BCUT2D eigenvalue weighted by atomic mass is 9.96. The smallest absolute Gasteiger partial charge is 0.223 e. The van der Waals surface area contributed by atoms with Crippen LogP contribution in [0.2, 0.25) is 0 Å². The number of aryl methyl sites for hydroxylation is 1. The zero-order valence-electron chi connectivity index (χ0n) is 16.7. The fourth-order valence-electron chi connectivity index (χ4n) is 3.89. The molecule has 4 rings (SSSR count). The molecule has 3 aromatic rings. The molecule has 5 heteroatoms. The molecule has 1 amide bonds. The molecule has 150 valence electrons. The van der Waals surface area contributed by atoms with Gasteiger partial charge in [-0.25, -0.2) is 4.98 Å². The molecule has 0 unspecified atom stereocenters. The van der Waals surface area contributed by atoms with Crippen LogP contribution in [-0.4, -0.2) is 35.1 Å². The second kappa shape index (κ2) is 9.41. The number of nitrogens with one attached hydrogen (secondary N) is 1. The van der Waals surface area contributed by atoms with Crippen LogP contribution in [0.25, 0.3) is 5.69 Å². The lowest BCUT2D eigenvalue weighted by molar-refractivity contribution is -0.125. The van der Waals surface area contributed by atoms with E-state index in [1.165, 1.54) is 5.56 Å². The maximum atomic E-state index is 12.5. The number of anilines is 1. The summed E-state index contributed by atoms with van der Waals surface area (Å²) in [5.74, 6) is 1.30. The predicted octanol–water partition coefficient (Wildman–Crippen LogP) is 3.84. The van der Waals surface area contributed by atoms with Gasteiger partial charge in [-0.15, -0.1) is 0 Å². The predicted molar refractivity (Wildman–Crippen MR) is 116 cm³/mol. The molecule has 0 saturated carbocycles. The highest BCUT2D eigenvalue weighted by molar-refractivity contribution is 5.78. The van der Waals surface area contributed by atoms with Crippen LogP contribution in [0.4, 0.5) is 5.82 Å². The Balaban J connectivity index is 1.20. The monoisotopic (exact) mass is 388 g/mol. The molecular formula is C24H28N4O. The van der Waals surface area contributed by atoms with Crippen molar-refractivity contribution in [1.29, 1.82) is 0 Å². The topological polar surface area (TPSA) is 50.2 Å². The zero-order chi connectivity index (χ0) is 19.9. The zero-order valence-corrected chi connectivity index (χ0v) is 16.7. The van der Waals surface area contributed by atoms with Gasteiger partial charge in [0.1, 0.15) is 5.82 Å². The first kappa shape index (κ1) is 19.2. The van der Waals surface area contributed by atoms with E-state index in [-0.39, 0.29) is 11.8 Å². The molecule has 0 bridgehead atoms. The third kappa shape index (κ3) is 5.05. The van der Waals surface area contributed by atoms with Crippen molar-refractivity contribution in [3.63, 3.8) is 0 Å². The molecule has 2 aromatic heterocycles. The molecule has 1 aromatic carbocycles. The van der Waals surface area contributed by atoms with Crippen LogP contribution < -0.4 is 10.2 Å².